The number of nitrogens with zero attached hydrogens (tertiary/aromatic N) is 1. The van der Waals surface area contributed by atoms with E-state index in [1.54, 1.807) is 0 Å². The Balaban J connectivity index is 2.46. The normalized spacial score (nSPS) is 10.9. The van der Waals surface area contributed by atoms with Crippen LogP contribution in [0.1, 0.15) is 23.6 Å². The summed E-state index contributed by atoms with van der Waals surface area (Å²) < 4.78 is 0. The van der Waals surface area contributed by atoms with Crippen LogP contribution in [0.5, 0.6) is 0 Å². The summed E-state index contributed by atoms with van der Waals surface area (Å²) in [4.78, 5) is 5.25. The van der Waals surface area contributed by atoms with Gasteiger partial charge in [-0.05, 0) is 25.2 Å². The molecule has 0 bridgehead atoms. The van der Waals surface area contributed by atoms with Crippen LogP contribution in [0.25, 0.3) is 0 Å². The molecule has 1 aromatic heterocycles. The van der Waals surface area contributed by atoms with Crippen LogP contribution in [-0.2, 0) is 13.1 Å². The Hall–Kier alpha value is -0.640. The molecule has 0 aliphatic carbocycles. The maximum absolute atomic E-state index is 3.79. The summed E-state index contributed by atoms with van der Waals surface area (Å²) in [6.07, 6.45) is 1.97. The predicted octanol–water partition coefficient (Wildman–Crippen LogP) is 2.87. The van der Waals surface area contributed by atoms with E-state index in [2.05, 4.69) is 42.8 Å². The van der Waals surface area contributed by atoms with Crippen molar-refractivity contribution >= 4 is 11.3 Å². The zero-order valence-electron chi connectivity index (χ0n) is 10.3. The molecule has 0 saturated heterocycles. The van der Waals surface area contributed by atoms with Gasteiger partial charge in [-0.1, -0.05) is 19.9 Å². The lowest BCUT2D eigenvalue weighted by molar-refractivity contribution is 0.314. The molecule has 0 atom stereocenters. The summed E-state index contributed by atoms with van der Waals surface area (Å²) in [5.74, 6) is 0. The Bertz CT molecular complexity index is 307. The van der Waals surface area contributed by atoms with E-state index in [0.29, 0.717) is 0 Å². The topological polar surface area (TPSA) is 15.3 Å². The van der Waals surface area contributed by atoms with E-state index in [1.165, 1.54) is 9.75 Å². The van der Waals surface area contributed by atoms with Gasteiger partial charge in [-0.15, -0.1) is 17.9 Å². The van der Waals surface area contributed by atoms with Crippen molar-refractivity contribution < 1.29 is 0 Å². The largest absolute Gasteiger partial charge is 0.312 e. The summed E-state index contributed by atoms with van der Waals surface area (Å²) in [6, 6.07) is 4.47. The molecule has 2 nitrogen and oxygen atoms in total. The van der Waals surface area contributed by atoms with Gasteiger partial charge in [0.2, 0.25) is 0 Å². The van der Waals surface area contributed by atoms with Crippen molar-refractivity contribution in [3.05, 3.63) is 34.5 Å². The standard InChI is InChI=1S/C13H22N2S/c1-4-9-15(6-3)11-13-8-7-12(16-13)10-14-5-2/h4,7-8,14H,1,5-6,9-11H2,2-3H3. The maximum atomic E-state index is 3.79. The molecule has 1 aromatic rings. The molecule has 1 N–H and O–H groups in total. The molecule has 0 radical (unpaired) electrons. The maximum Gasteiger partial charge on any atom is 0.0331 e. The molecule has 0 unspecified atom stereocenters. The van der Waals surface area contributed by atoms with Gasteiger partial charge in [0.15, 0.2) is 0 Å². The lowest BCUT2D eigenvalue weighted by Crippen LogP contribution is -2.22. The minimum atomic E-state index is 0.969. The van der Waals surface area contributed by atoms with Gasteiger partial charge >= 0.3 is 0 Å². The fourth-order valence-corrected chi connectivity index (χ4v) is 2.59. The van der Waals surface area contributed by atoms with Crippen LogP contribution in [0.2, 0.25) is 0 Å². The third-order valence-electron chi connectivity index (χ3n) is 2.48. The second kappa shape index (κ2) is 7.60. The van der Waals surface area contributed by atoms with Crippen LogP contribution < -0.4 is 5.32 Å². The zero-order valence-corrected chi connectivity index (χ0v) is 11.1. The van der Waals surface area contributed by atoms with Crippen molar-refractivity contribution in [3.63, 3.8) is 0 Å². The summed E-state index contributed by atoms with van der Waals surface area (Å²) in [7, 11) is 0. The molecule has 0 saturated carbocycles. The lowest BCUT2D eigenvalue weighted by atomic mass is 10.3. The summed E-state index contributed by atoms with van der Waals surface area (Å²) >= 11 is 1.90. The molecular weight excluding hydrogens is 216 g/mol. The number of thiophene rings is 1. The highest BCUT2D eigenvalue weighted by Crippen LogP contribution is 2.18. The number of nitrogens with one attached hydrogen (secondary N) is 1. The quantitative estimate of drug-likeness (QED) is 0.701. The van der Waals surface area contributed by atoms with Gasteiger partial charge < -0.3 is 5.32 Å². The molecule has 16 heavy (non-hydrogen) atoms. The molecule has 0 aliphatic rings. The van der Waals surface area contributed by atoms with Gasteiger partial charge in [0.1, 0.15) is 0 Å². The van der Waals surface area contributed by atoms with E-state index in [9.17, 15) is 0 Å². The second-order valence-corrected chi connectivity index (χ2v) is 5.02. The molecule has 0 fully saturated rings. The van der Waals surface area contributed by atoms with Crippen molar-refractivity contribution in [2.45, 2.75) is 26.9 Å². The van der Waals surface area contributed by atoms with Crippen molar-refractivity contribution in [3.8, 4) is 0 Å². The number of rotatable bonds is 8. The van der Waals surface area contributed by atoms with Crippen LogP contribution in [-0.4, -0.2) is 24.5 Å². The van der Waals surface area contributed by atoms with Crippen LogP contribution >= 0.6 is 11.3 Å². The number of hydrogen-bond donors (Lipinski definition) is 1. The fourth-order valence-electron chi connectivity index (χ4n) is 1.56. The number of hydrogen-bond acceptors (Lipinski definition) is 3. The minimum Gasteiger partial charge on any atom is -0.312 e. The average Bonchev–Trinajstić information content (AvgIpc) is 2.73. The summed E-state index contributed by atoms with van der Waals surface area (Å²) in [5, 5.41) is 3.35. The molecule has 1 rings (SSSR count). The average molecular weight is 238 g/mol. The Morgan fingerprint density at radius 3 is 2.75 bits per heavy atom. The number of likely N-dealkylation sites (N-methyl/N-ethyl adjacent to an activating group) is 1. The molecular formula is C13H22N2S. The Morgan fingerprint density at radius 2 is 2.12 bits per heavy atom. The van der Waals surface area contributed by atoms with E-state index in [-0.39, 0.29) is 0 Å². The highest BCUT2D eigenvalue weighted by molar-refractivity contribution is 7.11. The fraction of sp³-hybridized carbons (Fsp3) is 0.538. The van der Waals surface area contributed by atoms with Crippen LogP contribution in [0.3, 0.4) is 0 Å². The Morgan fingerprint density at radius 1 is 1.38 bits per heavy atom. The van der Waals surface area contributed by atoms with E-state index in [1.807, 2.05) is 17.4 Å². The monoisotopic (exact) mass is 238 g/mol. The van der Waals surface area contributed by atoms with Gasteiger partial charge in [0.25, 0.3) is 0 Å². The summed E-state index contributed by atoms with van der Waals surface area (Å²) in [5.41, 5.74) is 0. The van der Waals surface area contributed by atoms with E-state index < -0.39 is 0 Å². The van der Waals surface area contributed by atoms with Crippen molar-refractivity contribution in [2.75, 3.05) is 19.6 Å². The molecule has 1 heterocycles. The first-order chi connectivity index (χ1) is 7.80. The van der Waals surface area contributed by atoms with E-state index in [4.69, 9.17) is 0 Å². The molecule has 0 aliphatic heterocycles. The molecule has 3 heteroatoms. The zero-order chi connectivity index (χ0) is 11.8. The summed E-state index contributed by atoms with van der Waals surface area (Å²) in [6.45, 7) is 13.2. The van der Waals surface area contributed by atoms with Gasteiger partial charge in [0, 0.05) is 29.4 Å². The highest BCUT2D eigenvalue weighted by atomic mass is 32.1. The third kappa shape index (κ3) is 4.47. The van der Waals surface area contributed by atoms with Crippen molar-refractivity contribution in [2.24, 2.45) is 0 Å². The SMILES string of the molecule is C=CCN(CC)Cc1ccc(CNCC)s1. The van der Waals surface area contributed by atoms with Gasteiger partial charge in [-0.3, -0.25) is 4.90 Å². The first kappa shape index (κ1) is 13.4. The van der Waals surface area contributed by atoms with Crippen LogP contribution in [0.15, 0.2) is 24.8 Å². The minimum absolute atomic E-state index is 0.969. The lowest BCUT2D eigenvalue weighted by Gasteiger charge is -2.16. The Kier molecular flexibility index (Phi) is 6.38. The molecule has 0 spiro atoms. The van der Waals surface area contributed by atoms with Gasteiger partial charge in [-0.2, -0.15) is 0 Å². The van der Waals surface area contributed by atoms with E-state index in [0.717, 1.165) is 32.7 Å². The van der Waals surface area contributed by atoms with Crippen molar-refractivity contribution in [1.82, 2.24) is 10.2 Å². The Labute approximate surface area is 103 Å². The third-order valence-corrected chi connectivity index (χ3v) is 3.55. The molecule has 0 amide bonds. The van der Waals surface area contributed by atoms with E-state index >= 15 is 0 Å². The first-order valence-corrected chi connectivity index (χ1v) is 6.73. The van der Waals surface area contributed by atoms with Crippen LogP contribution in [0, 0.1) is 0 Å². The first-order valence-electron chi connectivity index (χ1n) is 5.91. The van der Waals surface area contributed by atoms with Gasteiger partial charge in [-0.25, -0.2) is 0 Å². The second-order valence-electron chi connectivity index (χ2n) is 3.76. The predicted molar refractivity (Wildman–Crippen MR) is 72.8 cm³/mol. The molecule has 0 aromatic carbocycles. The van der Waals surface area contributed by atoms with Crippen LogP contribution in [0.4, 0.5) is 0 Å². The van der Waals surface area contributed by atoms with Gasteiger partial charge in [0.05, 0.1) is 0 Å². The van der Waals surface area contributed by atoms with Crippen molar-refractivity contribution in [1.29, 1.82) is 0 Å². The smallest absolute Gasteiger partial charge is 0.0331 e. The highest BCUT2D eigenvalue weighted by Gasteiger charge is 2.04. The molecule has 90 valence electrons.